The number of benzene rings is 2. The van der Waals surface area contributed by atoms with E-state index in [2.05, 4.69) is 5.32 Å². The van der Waals surface area contributed by atoms with E-state index in [9.17, 15) is 9.90 Å². The standard InChI is InChI=1S/C17H19NO3/c19-16(13-21-12-14-7-3-1-4-8-14)11-18-17(20)15-9-5-2-6-10-15/h1-10,16,19H,11-13H2,(H,18,20)/t16-/m0/s1. The first kappa shape index (κ1) is 15.2. The van der Waals surface area contributed by atoms with Gasteiger partial charge in [-0.25, -0.2) is 0 Å². The molecule has 0 aliphatic rings. The van der Waals surface area contributed by atoms with Gasteiger partial charge in [-0.15, -0.1) is 0 Å². The Balaban J connectivity index is 1.66. The zero-order valence-electron chi connectivity index (χ0n) is 11.7. The minimum Gasteiger partial charge on any atom is -0.389 e. The van der Waals surface area contributed by atoms with Gasteiger partial charge in [0.05, 0.1) is 19.3 Å². The van der Waals surface area contributed by atoms with Crippen molar-refractivity contribution < 1.29 is 14.6 Å². The summed E-state index contributed by atoms with van der Waals surface area (Å²) in [4.78, 5) is 11.8. The highest BCUT2D eigenvalue weighted by Gasteiger charge is 2.08. The van der Waals surface area contributed by atoms with Crippen LogP contribution < -0.4 is 5.32 Å². The maximum atomic E-state index is 11.8. The van der Waals surface area contributed by atoms with Crippen molar-refractivity contribution in [3.05, 3.63) is 71.8 Å². The first-order valence-corrected chi connectivity index (χ1v) is 6.88. The Hall–Kier alpha value is -2.17. The van der Waals surface area contributed by atoms with Crippen molar-refractivity contribution in [2.75, 3.05) is 13.2 Å². The molecular weight excluding hydrogens is 266 g/mol. The topological polar surface area (TPSA) is 58.6 Å². The molecule has 0 saturated heterocycles. The van der Waals surface area contributed by atoms with Crippen LogP contribution >= 0.6 is 0 Å². The molecule has 4 heteroatoms. The van der Waals surface area contributed by atoms with Crippen LogP contribution in [0.15, 0.2) is 60.7 Å². The third-order valence-electron chi connectivity index (χ3n) is 2.96. The molecule has 0 aliphatic heterocycles. The lowest BCUT2D eigenvalue weighted by molar-refractivity contribution is 0.0285. The summed E-state index contributed by atoms with van der Waals surface area (Å²) in [7, 11) is 0. The van der Waals surface area contributed by atoms with Crippen molar-refractivity contribution in [1.29, 1.82) is 0 Å². The summed E-state index contributed by atoms with van der Waals surface area (Å²) in [5.74, 6) is -0.197. The molecule has 0 aliphatic carbocycles. The molecule has 2 N–H and O–H groups in total. The summed E-state index contributed by atoms with van der Waals surface area (Å²) >= 11 is 0. The predicted molar refractivity (Wildman–Crippen MR) is 80.9 cm³/mol. The zero-order valence-corrected chi connectivity index (χ0v) is 11.7. The molecule has 0 radical (unpaired) electrons. The maximum Gasteiger partial charge on any atom is 0.251 e. The fourth-order valence-electron chi connectivity index (χ4n) is 1.85. The van der Waals surface area contributed by atoms with Crippen LogP contribution in [0.3, 0.4) is 0 Å². The number of rotatable bonds is 7. The fraction of sp³-hybridized carbons (Fsp3) is 0.235. The minimum atomic E-state index is -0.721. The van der Waals surface area contributed by atoms with Crippen molar-refractivity contribution in [3.63, 3.8) is 0 Å². The van der Waals surface area contributed by atoms with Gasteiger partial charge in [0.15, 0.2) is 0 Å². The molecule has 1 atom stereocenters. The first-order valence-electron chi connectivity index (χ1n) is 6.88. The van der Waals surface area contributed by atoms with Gasteiger partial charge in [0.25, 0.3) is 5.91 Å². The minimum absolute atomic E-state index is 0.169. The quantitative estimate of drug-likeness (QED) is 0.818. The normalized spacial score (nSPS) is 11.9. The Kier molecular flexibility index (Phi) is 5.94. The van der Waals surface area contributed by atoms with E-state index in [-0.39, 0.29) is 19.1 Å². The molecule has 2 aromatic rings. The number of carbonyl (C=O) groups is 1. The number of carbonyl (C=O) groups excluding carboxylic acids is 1. The smallest absolute Gasteiger partial charge is 0.251 e. The third-order valence-corrected chi connectivity index (χ3v) is 2.96. The summed E-state index contributed by atoms with van der Waals surface area (Å²) in [6.07, 6.45) is -0.721. The van der Waals surface area contributed by atoms with Crippen molar-refractivity contribution in [2.45, 2.75) is 12.7 Å². The van der Waals surface area contributed by atoms with Gasteiger partial charge >= 0.3 is 0 Å². The van der Waals surface area contributed by atoms with E-state index in [0.29, 0.717) is 12.2 Å². The van der Waals surface area contributed by atoms with Crippen molar-refractivity contribution in [3.8, 4) is 0 Å². The summed E-state index contributed by atoms with van der Waals surface area (Å²) in [5.41, 5.74) is 1.63. The van der Waals surface area contributed by atoms with Crippen molar-refractivity contribution in [2.24, 2.45) is 0 Å². The molecule has 0 saturated carbocycles. The van der Waals surface area contributed by atoms with Gasteiger partial charge in [-0.1, -0.05) is 48.5 Å². The molecule has 1 amide bonds. The second-order valence-electron chi connectivity index (χ2n) is 4.73. The number of ether oxygens (including phenoxy) is 1. The molecule has 0 fully saturated rings. The van der Waals surface area contributed by atoms with Crippen molar-refractivity contribution >= 4 is 5.91 Å². The number of amides is 1. The van der Waals surface area contributed by atoms with E-state index in [0.717, 1.165) is 5.56 Å². The number of aliphatic hydroxyl groups is 1. The molecule has 0 unspecified atom stereocenters. The second kappa shape index (κ2) is 8.19. The average Bonchev–Trinajstić information content (AvgIpc) is 2.54. The van der Waals surface area contributed by atoms with Gasteiger partial charge in [-0.3, -0.25) is 4.79 Å². The van der Waals surface area contributed by atoms with E-state index in [1.54, 1.807) is 24.3 Å². The molecule has 0 heterocycles. The van der Waals surface area contributed by atoms with Gasteiger partial charge in [0, 0.05) is 12.1 Å². The SMILES string of the molecule is O=C(NC[C@H](O)COCc1ccccc1)c1ccccc1. The highest BCUT2D eigenvalue weighted by atomic mass is 16.5. The Morgan fingerprint density at radius 3 is 2.33 bits per heavy atom. The summed E-state index contributed by atoms with van der Waals surface area (Å²) in [6, 6.07) is 18.7. The second-order valence-corrected chi connectivity index (χ2v) is 4.73. The molecule has 0 bridgehead atoms. The van der Waals surface area contributed by atoms with Gasteiger partial charge in [-0.2, -0.15) is 0 Å². The van der Waals surface area contributed by atoms with Crippen LogP contribution in [0, 0.1) is 0 Å². The Bertz CT molecular complexity index is 542. The van der Waals surface area contributed by atoms with Gasteiger partial charge in [-0.05, 0) is 17.7 Å². The number of nitrogens with one attached hydrogen (secondary N) is 1. The summed E-state index contributed by atoms with van der Waals surface area (Å²) in [5, 5.41) is 12.5. The predicted octanol–water partition coefficient (Wildman–Crippen LogP) is 1.99. The number of hydrogen-bond donors (Lipinski definition) is 2. The average molecular weight is 285 g/mol. The van der Waals surface area contributed by atoms with Crippen LogP contribution in [-0.2, 0) is 11.3 Å². The Morgan fingerprint density at radius 1 is 1.05 bits per heavy atom. The van der Waals surface area contributed by atoms with Gasteiger partial charge in [0.2, 0.25) is 0 Å². The van der Waals surface area contributed by atoms with Crippen molar-refractivity contribution in [1.82, 2.24) is 5.32 Å². The molecule has 2 rings (SSSR count). The van der Waals surface area contributed by atoms with E-state index >= 15 is 0 Å². The Morgan fingerprint density at radius 2 is 1.67 bits per heavy atom. The molecule has 21 heavy (non-hydrogen) atoms. The largest absolute Gasteiger partial charge is 0.389 e. The maximum absolute atomic E-state index is 11.8. The van der Waals surface area contributed by atoms with E-state index < -0.39 is 6.10 Å². The van der Waals surface area contributed by atoms with Gasteiger partial charge in [0.1, 0.15) is 0 Å². The Labute approximate surface area is 124 Å². The van der Waals surface area contributed by atoms with Crippen LogP contribution in [0.1, 0.15) is 15.9 Å². The first-order chi connectivity index (χ1) is 10.3. The molecule has 0 spiro atoms. The van der Waals surface area contributed by atoms with Crippen LogP contribution in [0.25, 0.3) is 0 Å². The number of aliphatic hydroxyl groups excluding tert-OH is 1. The zero-order chi connectivity index (χ0) is 14.9. The third kappa shape index (κ3) is 5.38. The molecule has 2 aromatic carbocycles. The lowest BCUT2D eigenvalue weighted by Gasteiger charge is -2.12. The fourth-order valence-corrected chi connectivity index (χ4v) is 1.85. The van der Waals surface area contributed by atoms with Gasteiger partial charge < -0.3 is 15.2 Å². The summed E-state index contributed by atoms with van der Waals surface area (Å²) < 4.78 is 5.42. The molecule has 4 nitrogen and oxygen atoms in total. The highest BCUT2D eigenvalue weighted by Crippen LogP contribution is 2.01. The summed E-state index contributed by atoms with van der Waals surface area (Å²) in [6.45, 7) is 0.803. The molecule has 0 aromatic heterocycles. The van der Waals surface area contributed by atoms with E-state index in [1.165, 1.54) is 0 Å². The van der Waals surface area contributed by atoms with Crippen LogP contribution in [-0.4, -0.2) is 30.3 Å². The molecule has 110 valence electrons. The number of hydrogen-bond acceptors (Lipinski definition) is 3. The van der Waals surface area contributed by atoms with Crippen LogP contribution in [0.2, 0.25) is 0 Å². The van der Waals surface area contributed by atoms with Crippen LogP contribution in [0.5, 0.6) is 0 Å². The monoisotopic (exact) mass is 285 g/mol. The van der Waals surface area contributed by atoms with E-state index in [4.69, 9.17) is 4.74 Å². The lowest BCUT2D eigenvalue weighted by Crippen LogP contribution is -2.34. The van der Waals surface area contributed by atoms with Crippen LogP contribution in [0.4, 0.5) is 0 Å². The molecular formula is C17H19NO3. The van der Waals surface area contributed by atoms with E-state index in [1.807, 2.05) is 36.4 Å². The highest BCUT2D eigenvalue weighted by molar-refractivity contribution is 5.94. The lowest BCUT2D eigenvalue weighted by atomic mass is 10.2.